The molecule has 1 rings (SSSR count). The molecule has 0 atom stereocenters. The standard InChI is InChI=1S/C8H6Cl2O/c1-5-6(4-11)2-7(9)3-8(5)10/h2-4H,1H3. The number of carbonyl (C=O) groups is 1. The number of aldehydes is 1. The number of benzene rings is 1. The lowest BCUT2D eigenvalue weighted by molar-refractivity contribution is 0.112. The number of rotatable bonds is 1. The zero-order chi connectivity index (χ0) is 8.43. The second-order valence-corrected chi connectivity index (χ2v) is 3.06. The highest BCUT2D eigenvalue weighted by Crippen LogP contribution is 2.23. The first-order chi connectivity index (χ1) is 5.15. The highest BCUT2D eigenvalue weighted by molar-refractivity contribution is 6.35. The predicted molar refractivity (Wildman–Crippen MR) is 46.6 cm³/mol. The quantitative estimate of drug-likeness (QED) is 0.620. The summed E-state index contributed by atoms with van der Waals surface area (Å²) in [5.41, 5.74) is 1.31. The monoisotopic (exact) mass is 188 g/mol. The van der Waals surface area contributed by atoms with Gasteiger partial charge in [0.1, 0.15) is 6.29 Å². The normalized spacial score (nSPS) is 9.73. The molecular formula is C8H6Cl2O. The molecule has 0 saturated heterocycles. The molecule has 3 heteroatoms. The van der Waals surface area contributed by atoms with Crippen molar-refractivity contribution in [2.24, 2.45) is 0 Å². The summed E-state index contributed by atoms with van der Waals surface area (Å²) in [6.45, 7) is 1.78. The van der Waals surface area contributed by atoms with Gasteiger partial charge in [0.25, 0.3) is 0 Å². The Hall–Kier alpha value is -0.530. The van der Waals surface area contributed by atoms with Crippen LogP contribution in [0.1, 0.15) is 15.9 Å². The first-order valence-corrected chi connectivity index (χ1v) is 3.81. The minimum Gasteiger partial charge on any atom is -0.298 e. The van der Waals surface area contributed by atoms with Gasteiger partial charge in [0.05, 0.1) is 0 Å². The van der Waals surface area contributed by atoms with Crippen LogP contribution in [-0.2, 0) is 0 Å². The van der Waals surface area contributed by atoms with Crippen molar-refractivity contribution in [3.63, 3.8) is 0 Å². The molecule has 0 aliphatic rings. The molecule has 0 N–H and O–H groups in total. The van der Waals surface area contributed by atoms with Crippen LogP contribution in [0.4, 0.5) is 0 Å². The minimum atomic E-state index is 0.489. The van der Waals surface area contributed by atoms with E-state index in [9.17, 15) is 4.79 Å². The molecule has 0 fully saturated rings. The lowest BCUT2D eigenvalue weighted by Gasteiger charge is -2.00. The molecule has 0 aliphatic carbocycles. The van der Waals surface area contributed by atoms with E-state index in [0.29, 0.717) is 15.6 Å². The van der Waals surface area contributed by atoms with Crippen LogP contribution >= 0.6 is 23.2 Å². The maximum atomic E-state index is 10.4. The molecule has 1 aromatic carbocycles. The Morgan fingerprint density at radius 3 is 2.55 bits per heavy atom. The minimum absolute atomic E-state index is 0.489. The summed E-state index contributed by atoms with van der Waals surface area (Å²) < 4.78 is 0. The van der Waals surface area contributed by atoms with Crippen LogP contribution in [0, 0.1) is 6.92 Å². The Bertz CT molecular complexity index is 294. The smallest absolute Gasteiger partial charge is 0.150 e. The summed E-state index contributed by atoms with van der Waals surface area (Å²) in [6, 6.07) is 3.21. The Labute approximate surface area is 74.9 Å². The molecule has 0 amide bonds. The van der Waals surface area contributed by atoms with Crippen molar-refractivity contribution in [3.8, 4) is 0 Å². The largest absolute Gasteiger partial charge is 0.298 e. The third kappa shape index (κ3) is 1.73. The first-order valence-electron chi connectivity index (χ1n) is 3.06. The third-order valence-corrected chi connectivity index (χ3v) is 2.09. The Balaban J connectivity index is 3.35. The number of hydrogen-bond donors (Lipinski definition) is 0. The van der Waals surface area contributed by atoms with Crippen molar-refractivity contribution in [1.29, 1.82) is 0 Å². The molecule has 0 heterocycles. The van der Waals surface area contributed by atoms with E-state index in [1.165, 1.54) is 0 Å². The highest BCUT2D eigenvalue weighted by atomic mass is 35.5. The SMILES string of the molecule is Cc1c(Cl)cc(Cl)cc1C=O. The molecule has 0 radical (unpaired) electrons. The zero-order valence-electron chi connectivity index (χ0n) is 5.90. The first kappa shape index (κ1) is 8.57. The summed E-state index contributed by atoms with van der Waals surface area (Å²) in [7, 11) is 0. The number of halogens is 2. The Morgan fingerprint density at radius 2 is 2.00 bits per heavy atom. The lowest BCUT2D eigenvalue weighted by Crippen LogP contribution is -1.86. The van der Waals surface area contributed by atoms with Gasteiger partial charge in [0, 0.05) is 15.6 Å². The van der Waals surface area contributed by atoms with Gasteiger partial charge in [-0.25, -0.2) is 0 Å². The number of hydrogen-bond acceptors (Lipinski definition) is 1. The summed E-state index contributed by atoms with van der Waals surface area (Å²) in [6.07, 6.45) is 0.743. The van der Waals surface area contributed by atoms with Crippen LogP contribution in [-0.4, -0.2) is 6.29 Å². The molecule has 58 valence electrons. The van der Waals surface area contributed by atoms with Crippen molar-refractivity contribution in [2.45, 2.75) is 6.92 Å². The van der Waals surface area contributed by atoms with Crippen molar-refractivity contribution < 1.29 is 4.79 Å². The molecule has 1 aromatic rings. The van der Waals surface area contributed by atoms with Gasteiger partial charge in [-0.15, -0.1) is 0 Å². The van der Waals surface area contributed by atoms with E-state index in [1.807, 2.05) is 0 Å². The van der Waals surface area contributed by atoms with Gasteiger partial charge in [-0.2, -0.15) is 0 Å². The lowest BCUT2D eigenvalue weighted by atomic mass is 10.1. The predicted octanol–water partition coefficient (Wildman–Crippen LogP) is 3.11. The van der Waals surface area contributed by atoms with E-state index >= 15 is 0 Å². The van der Waals surface area contributed by atoms with Crippen molar-refractivity contribution in [3.05, 3.63) is 33.3 Å². The zero-order valence-corrected chi connectivity index (χ0v) is 7.41. The van der Waals surface area contributed by atoms with Crippen LogP contribution < -0.4 is 0 Å². The number of carbonyl (C=O) groups excluding carboxylic acids is 1. The average molecular weight is 189 g/mol. The summed E-state index contributed by atoms with van der Waals surface area (Å²) in [4.78, 5) is 10.4. The molecule has 0 aliphatic heterocycles. The molecule has 0 unspecified atom stereocenters. The fourth-order valence-corrected chi connectivity index (χ4v) is 1.30. The maximum absolute atomic E-state index is 10.4. The van der Waals surface area contributed by atoms with E-state index in [2.05, 4.69) is 0 Å². The van der Waals surface area contributed by atoms with Crippen LogP contribution in [0.3, 0.4) is 0 Å². The van der Waals surface area contributed by atoms with E-state index in [-0.39, 0.29) is 0 Å². The van der Waals surface area contributed by atoms with Crippen LogP contribution in [0.15, 0.2) is 12.1 Å². The summed E-state index contributed by atoms with van der Waals surface area (Å²) >= 11 is 11.4. The topological polar surface area (TPSA) is 17.1 Å². The van der Waals surface area contributed by atoms with Gasteiger partial charge in [0.15, 0.2) is 0 Å². The molecule has 0 bridgehead atoms. The van der Waals surface area contributed by atoms with Crippen molar-refractivity contribution >= 4 is 29.5 Å². The van der Waals surface area contributed by atoms with Crippen LogP contribution in [0.25, 0.3) is 0 Å². The Kier molecular flexibility index (Phi) is 2.53. The van der Waals surface area contributed by atoms with Crippen LogP contribution in [0.2, 0.25) is 10.0 Å². The molecule has 0 aromatic heterocycles. The molecular weight excluding hydrogens is 183 g/mol. The van der Waals surface area contributed by atoms with Gasteiger partial charge in [-0.3, -0.25) is 4.79 Å². The van der Waals surface area contributed by atoms with E-state index < -0.39 is 0 Å². The van der Waals surface area contributed by atoms with E-state index in [4.69, 9.17) is 23.2 Å². The van der Waals surface area contributed by atoms with Crippen molar-refractivity contribution in [1.82, 2.24) is 0 Å². The van der Waals surface area contributed by atoms with Gasteiger partial charge in [-0.05, 0) is 24.6 Å². The molecule has 0 saturated carbocycles. The fourth-order valence-electron chi connectivity index (χ4n) is 0.788. The molecule has 0 spiro atoms. The summed E-state index contributed by atoms with van der Waals surface area (Å²) in [5, 5.41) is 1.02. The second-order valence-electron chi connectivity index (χ2n) is 2.22. The second kappa shape index (κ2) is 3.24. The average Bonchev–Trinajstić information content (AvgIpc) is 1.96. The molecule has 1 nitrogen and oxygen atoms in total. The van der Waals surface area contributed by atoms with Gasteiger partial charge < -0.3 is 0 Å². The highest BCUT2D eigenvalue weighted by Gasteiger charge is 2.02. The maximum Gasteiger partial charge on any atom is 0.150 e. The molecule has 11 heavy (non-hydrogen) atoms. The Morgan fingerprint density at radius 1 is 1.36 bits per heavy atom. The summed E-state index contributed by atoms with van der Waals surface area (Å²) in [5.74, 6) is 0. The van der Waals surface area contributed by atoms with Gasteiger partial charge in [-0.1, -0.05) is 23.2 Å². The van der Waals surface area contributed by atoms with Gasteiger partial charge in [0.2, 0.25) is 0 Å². The fraction of sp³-hybridized carbons (Fsp3) is 0.125. The van der Waals surface area contributed by atoms with E-state index in [0.717, 1.165) is 11.8 Å². The third-order valence-electron chi connectivity index (χ3n) is 1.48. The van der Waals surface area contributed by atoms with E-state index in [1.54, 1.807) is 19.1 Å². The van der Waals surface area contributed by atoms with Gasteiger partial charge >= 0.3 is 0 Å². The van der Waals surface area contributed by atoms with Crippen LogP contribution in [0.5, 0.6) is 0 Å². The van der Waals surface area contributed by atoms with Crippen molar-refractivity contribution in [2.75, 3.05) is 0 Å².